The Kier molecular flexibility index (Phi) is 7.18. The quantitative estimate of drug-likeness (QED) is 0.731. The number of halogens is 2. The maximum Gasteiger partial charge on any atom is 0.316 e. The largest absolute Gasteiger partial charge is 0.465 e. The fourth-order valence-corrected chi connectivity index (χ4v) is 3.79. The number of allylic oxidation sites excluding steroid dienone is 1. The van der Waals surface area contributed by atoms with E-state index >= 15 is 0 Å². The molecule has 1 amide bonds. The zero-order valence-corrected chi connectivity index (χ0v) is 15.8. The summed E-state index contributed by atoms with van der Waals surface area (Å²) in [7, 11) is 0. The number of nitrogens with one attached hydrogen (secondary N) is 1. The lowest BCUT2D eigenvalue weighted by molar-refractivity contribution is -0.140. The molecule has 0 radical (unpaired) electrons. The zero-order chi connectivity index (χ0) is 18.4. The number of ether oxygens (including phenoxy) is 1. The third-order valence-corrected chi connectivity index (χ3v) is 5.05. The van der Waals surface area contributed by atoms with Gasteiger partial charge in [-0.15, -0.1) is 0 Å². The fraction of sp³-hybridized carbons (Fsp3) is 0.353. The summed E-state index contributed by atoms with van der Waals surface area (Å²) < 4.78 is 5.01. The molecule has 0 aliphatic carbocycles. The van der Waals surface area contributed by atoms with Crippen molar-refractivity contribution in [3.63, 3.8) is 0 Å². The van der Waals surface area contributed by atoms with Crippen molar-refractivity contribution in [1.82, 2.24) is 5.32 Å². The Morgan fingerprint density at radius 3 is 2.88 bits per heavy atom. The first-order chi connectivity index (χ1) is 12.0. The van der Waals surface area contributed by atoms with Crippen LogP contribution in [-0.2, 0) is 14.3 Å². The zero-order valence-electron chi connectivity index (χ0n) is 13.5. The van der Waals surface area contributed by atoms with Crippen LogP contribution in [0.25, 0.3) is 0 Å². The Balaban J connectivity index is 2.26. The predicted molar refractivity (Wildman–Crippen MR) is 98.3 cm³/mol. The van der Waals surface area contributed by atoms with E-state index in [1.807, 2.05) is 6.92 Å². The number of hydrogen-bond acceptors (Lipinski definition) is 5. The van der Waals surface area contributed by atoms with Gasteiger partial charge in [-0.2, -0.15) is 5.26 Å². The molecule has 1 heterocycles. The summed E-state index contributed by atoms with van der Waals surface area (Å²) in [6.07, 6.45) is 0.838. The van der Waals surface area contributed by atoms with Gasteiger partial charge in [0.2, 0.25) is 5.91 Å². The molecule has 0 bridgehead atoms. The van der Waals surface area contributed by atoms with Gasteiger partial charge < -0.3 is 10.1 Å². The topological polar surface area (TPSA) is 79.2 Å². The van der Waals surface area contributed by atoms with Crippen LogP contribution >= 0.6 is 35.0 Å². The van der Waals surface area contributed by atoms with Gasteiger partial charge in [0, 0.05) is 22.4 Å². The third-order valence-electron chi connectivity index (χ3n) is 3.50. The van der Waals surface area contributed by atoms with Gasteiger partial charge in [-0.05, 0) is 24.1 Å². The van der Waals surface area contributed by atoms with Crippen molar-refractivity contribution in [3.05, 3.63) is 44.4 Å². The molecule has 1 atom stereocenters. The van der Waals surface area contributed by atoms with Crippen molar-refractivity contribution in [2.24, 2.45) is 0 Å². The van der Waals surface area contributed by atoms with E-state index in [1.54, 1.807) is 18.2 Å². The maximum absolute atomic E-state index is 12.1. The number of esters is 1. The van der Waals surface area contributed by atoms with Gasteiger partial charge in [0.25, 0.3) is 0 Å². The predicted octanol–water partition coefficient (Wildman–Crippen LogP) is 4.02. The molecule has 1 aliphatic heterocycles. The summed E-state index contributed by atoms with van der Waals surface area (Å²) in [6.45, 7) is 2.25. The summed E-state index contributed by atoms with van der Waals surface area (Å²) in [4.78, 5) is 23.7. The second-order valence-corrected chi connectivity index (χ2v) is 7.16. The Morgan fingerprint density at radius 2 is 2.24 bits per heavy atom. The number of rotatable bonds is 6. The van der Waals surface area contributed by atoms with Crippen LogP contribution in [0.3, 0.4) is 0 Å². The van der Waals surface area contributed by atoms with Crippen molar-refractivity contribution in [1.29, 1.82) is 5.26 Å². The van der Waals surface area contributed by atoms with Crippen LogP contribution in [0.15, 0.2) is 28.8 Å². The summed E-state index contributed by atoms with van der Waals surface area (Å²) in [5.41, 5.74) is 1.03. The number of benzene rings is 1. The van der Waals surface area contributed by atoms with E-state index in [9.17, 15) is 14.9 Å². The lowest BCUT2D eigenvalue weighted by Gasteiger charge is -2.25. The van der Waals surface area contributed by atoms with Crippen molar-refractivity contribution in [2.45, 2.75) is 25.7 Å². The van der Waals surface area contributed by atoms with Gasteiger partial charge >= 0.3 is 5.97 Å². The Hall–Kier alpha value is -1.68. The second-order valence-electron chi connectivity index (χ2n) is 5.33. The van der Waals surface area contributed by atoms with Crippen LogP contribution in [0.1, 0.15) is 31.2 Å². The third kappa shape index (κ3) is 5.15. The first kappa shape index (κ1) is 19.6. The number of hydrogen-bond donors (Lipinski definition) is 1. The first-order valence-electron chi connectivity index (χ1n) is 7.63. The molecule has 1 aromatic carbocycles. The molecule has 0 spiro atoms. The highest BCUT2D eigenvalue weighted by Gasteiger charge is 2.31. The molecule has 0 unspecified atom stereocenters. The molecule has 25 heavy (non-hydrogen) atoms. The van der Waals surface area contributed by atoms with Gasteiger partial charge in [0.1, 0.15) is 0 Å². The minimum Gasteiger partial charge on any atom is -0.465 e. The van der Waals surface area contributed by atoms with Crippen LogP contribution in [0.2, 0.25) is 10.0 Å². The van der Waals surface area contributed by atoms with Crippen LogP contribution in [-0.4, -0.2) is 24.2 Å². The maximum atomic E-state index is 12.1. The normalized spacial score (nSPS) is 17.0. The number of carbonyl (C=O) groups is 2. The molecule has 1 aliphatic rings. The molecule has 8 heteroatoms. The van der Waals surface area contributed by atoms with Crippen molar-refractivity contribution < 1.29 is 14.3 Å². The molecular formula is C17H16Cl2N2O3S. The van der Waals surface area contributed by atoms with Gasteiger partial charge in [-0.1, -0.05) is 48.0 Å². The molecule has 5 nitrogen and oxygen atoms in total. The number of nitriles is 1. The van der Waals surface area contributed by atoms with Gasteiger partial charge in [0.15, 0.2) is 0 Å². The standard InChI is InChI=1S/C17H16Cl2N2O3S/c1-2-5-24-16(23)9-25-17-13(8-20)12(7-15(22)21-17)11-4-3-10(18)6-14(11)19/h3-4,6,12H,2,5,7,9H2,1H3,(H,21,22)/t12-/m0/s1. The Labute approximate surface area is 160 Å². The first-order valence-corrected chi connectivity index (χ1v) is 9.37. The van der Waals surface area contributed by atoms with E-state index in [4.69, 9.17) is 27.9 Å². The second kappa shape index (κ2) is 9.14. The van der Waals surface area contributed by atoms with Gasteiger partial charge in [-0.3, -0.25) is 9.59 Å². The Bertz CT molecular complexity index is 759. The summed E-state index contributed by atoms with van der Waals surface area (Å²) in [5, 5.41) is 13.5. The summed E-state index contributed by atoms with van der Waals surface area (Å²) in [6, 6.07) is 7.09. The van der Waals surface area contributed by atoms with Gasteiger partial charge in [-0.25, -0.2) is 0 Å². The van der Waals surface area contributed by atoms with Crippen LogP contribution in [0.4, 0.5) is 0 Å². The molecule has 0 saturated heterocycles. The highest BCUT2D eigenvalue weighted by Crippen LogP contribution is 2.39. The lowest BCUT2D eigenvalue weighted by Crippen LogP contribution is -2.31. The SMILES string of the molecule is CCCOC(=O)CSC1=C(C#N)[C@H](c2ccc(Cl)cc2Cl)CC(=O)N1. The fourth-order valence-electron chi connectivity index (χ4n) is 2.37. The number of amides is 1. The highest BCUT2D eigenvalue weighted by atomic mass is 35.5. The van der Waals surface area contributed by atoms with Crippen LogP contribution < -0.4 is 5.32 Å². The Morgan fingerprint density at radius 1 is 1.48 bits per heavy atom. The minimum atomic E-state index is -0.474. The minimum absolute atomic E-state index is 0.0157. The van der Waals surface area contributed by atoms with Crippen molar-refractivity contribution >= 4 is 46.8 Å². The molecule has 1 aromatic rings. The van der Waals surface area contributed by atoms with E-state index in [2.05, 4.69) is 11.4 Å². The average Bonchev–Trinajstić information content (AvgIpc) is 2.57. The van der Waals surface area contributed by atoms with E-state index < -0.39 is 11.9 Å². The van der Waals surface area contributed by atoms with E-state index in [1.165, 1.54) is 0 Å². The molecule has 1 N–H and O–H groups in total. The average molecular weight is 399 g/mol. The smallest absolute Gasteiger partial charge is 0.316 e. The van der Waals surface area contributed by atoms with Gasteiger partial charge in [0.05, 0.1) is 29.0 Å². The van der Waals surface area contributed by atoms with Crippen molar-refractivity contribution in [3.8, 4) is 6.07 Å². The van der Waals surface area contributed by atoms with Crippen LogP contribution in [0, 0.1) is 11.3 Å². The molecule has 0 saturated carbocycles. The van der Waals surface area contributed by atoms with E-state index in [0.29, 0.717) is 32.8 Å². The highest BCUT2D eigenvalue weighted by molar-refractivity contribution is 8.03. The molecule has 0 aromatic heterocycles. The van der Waals surface area contributed by atoms with E-state index in [-0.39, 0.29) is 18.1 Å². The number of carbonyl (C=O) groups excluding carboxylic acids is 2. The molecular weight excluding hydrogens is 383 g/mol. The lowest BCUT2D eigenvalue weighted by atomic mass is 9.87. The van der Waals surface area contributed by atoms with E-state index in [0.717, 1.165) is 18.2 Å². The molecule has 132 valence electrons. The monoisotopic (exact) mass is 398 g/mol. The summed E-state index contributed by atoms with van der Waals surface area (Å²) in [5.74, 6) is -1.09. The molecule has 0 fully saturated rings. The van der Waals surface area contributed by atoms with Crippen LogP contribution in [0.5, 0.6) is 0 Å². The number of thioether (sulfide) groups is 1. The molecule has 2 rings (SSSR count). The summed E-state index contributed by atoms with van der Waals surface area (Å²) >= 11 is 13.2. The van der Waals surface area contributed by atoms with Crippen molar-refractivity contribution in [2.75, 3.05) is 12.4 Å². The number of nitrogens with zero attached hydrogens (tertiary/aromatic N) is 1.